The Kier molecular flexibility index (Phi) is 9.59. The number of methoxy groups -OCH3 is 2. The Hall–Kier alpha value is -2.12. The summed E-state index contributed by atoms with van der Waals surface area (Å²) < 4.78 is 16.2. The lowest BCUT2D eigenvalue weighted by molar-refractivity contribution is -0.151. The SMILES string of the molecule is COC(CC1CCCN(C(=O)N(C)[C@H](C(=O)OCc2ccccc2)C(C)C)C1)OC. The second kappa shape index (κ2) is 11.9. The average Bonchev–Trinajstić information content (AvgIpc) is 2.76. The first-order valence-electron chi connectivity index (χ1n) is 10.6. The number of urea groups is 1. The van der Waals surface area contributed by atoms with Crippen LogP contribution in [0.4, 0.5) is 4.79 Å². The van der Waals surface area contributed by atoms with Gasteiger partial charge in [0.1, 0.15) is 12.6 Å². The van der Waals surface area contributed by atoms with E-state index in [-0.39, 0.29) is 30.8 Å². The zero-order valence-electron chi connectivity index (χ0n) is 18.9. The van der Waals surface area contributed by atoms with E-state index < -0.39 is 6.04 Å². The van der Waals surface area contributed by atoms with Crippen molar-refractivity contribution in [1.29, 1.82) is 0 Å². The molecular weight excluding hydrogens is 384 g/mol. The Bertz CT molecular complexity index is 663. The van der Waals surface area contributed by atoms with Crippen molar-refractivity contribution >= 4 is 12.0 Å². The van der Waals surface area contributed by atoms with Gasteiger partial charge in [-0.1, -0.05) is 44.2 Å². The quantitative estimate of drug-likeness (QED) is 0.452. The molecule has 2 amide bonds. The summed E-state index contributed by atoms with van der Waals surface area (Å²) in [7, 11) is 4.94. The number of esters is 1. The predicted molar refractivity (Wildman–Crippen MR) is 115 cm³/mol. The van der Waals surface area contributed by atoms with Crippen molar-refractivity contribution in [2.24, 2.45) is 11.8 Å². The lowest BCUT2D eigenvalue weighted by Crippen LogP contribution is -2.53. The van der Waals surface area contributed by atoms with Crippen molar-refractivity contribution in [1.82, 2.24) is 9.80 Å². The lowest BCUT2D eigenvalue weighted by Gasteiger charge is -2.38. The second-order valence-electron chi connectivity index (χ2n) is 8.27. The first-order valence-corrected chi connectivity index (χ1v) is 10.6. The maximum absolute atomic E-state index is 13.2. The molecule has 0 spiro atoms. The van der Waals surface area contributed by atoms with Crippen LogP contribution in [0.25, 0.3) is 0 Å². The van der Waals surface area contributed by atoms with Gasteiger partial charge in [-0.3, -0.25) is 0 Å². The van der Waals surface area contributed by atoms with E-state index in [2.05, 4.69) is 0 Å². The molecular formula is C23H36N2O5. The Balaban J connectivity index is 1.98. The molecule has 1 heterocycles. The Morgan fingerprint density at radius 2 is 1.83 bits per heavy atom. The second-order valence-corrected chi connectivity index (χ2v) is 8.27. The fourth-order valence-corrected chi connectivity index (χ4v) is 4.03. The van der Waals surface area contributed by atoms with Crippen LogP contribution in [0.15, 0.2) is 30.3 Å². The highest BCUT2D eigenvalue weighted by molar-refractivity contribution is 5.83. The van der Waals surface area contributed by atoms with Gasteiger partial charge in [-0.2, -0.15) is 0 Å². The van der Waals surface area contributed by atoms with Gasteiger partial charge in [-0.05, 0) is 30.2 Å². The largest absolute Gasteiger partial charge is 0.459 e. The van der Waals surface area contributed by atoms with Crippen molar-refractivity contribution in [2.75, 3.05) is 34.4 Å². The molecule has 1 fully saturated rings. The molecule has 0 bridgehead atoms. The molecule has 168 valence electrons. The summed E-state index contributed by atoms with van der Waals surface area (Å²) in [6.07, 6.45) is 2.44. The Morgan fingerprint density at radius 3 is 2.43 bits per heavy atom. The van der Waals surface area contributed by atoms with E-state index in [1.807, 2.05) is 49.1 Å². The fourth-order valence-electron chi connectivity index (χ4n) is 4.03. The van der Waals surface area contributed by atoms with Crippen molar-refractivity contribution in [2.45, 2.75) is 52.0 Å². The van der Waals surface area contributed by atoms with Gasteiger partial charge in [0.2, 0.25) is 0 Å². The van der Waals surface area contributed by atoms with Crippen LogP contribution in [0.2, 0.25) is 0 Å². The molecule has 1 unspecified atom stereocenters. The van der Waals surface area contributed by atoms with Crippen LogP contribution in [0.3, 0.4) is 0 Å². The van der Waals surface area contributed by atoms with Gasteiger partial charge >= 0.3 is 12.0 Å². The zero-order chi connectivity index (χ0) is 22.1. The molecule has 1 aromatic carbocycles. The van der Waals surface area contributed by atoms with E-state index >= 15 is 0 Å². The summed E-state index contributed by atoms with van der Waals surface area (Å²) in [6, 6.07) is 8.78. The van der Waals surface area contributed by atoms with Gasteiger partial charge < -0.3 is 24.0 Å². The molecule has 1 aromatic rings. The highest BCUT2D eigenvalue weighted by Crippen LogP contribution is 2.24. The Labute approximate surface area is 180 Å². The third-order valence-corrected chi connectivity index (χ3v) is 5.66. The molecule has 1 aliphatic heterocycles. The van der Waals surface area contributed by atoms with Gasteiger partial charge in [0.05, 0.1) is 0 Å². The minimum Gasteiger partial charge on any atom is -0.459 e. The van der Waals surface area contributed by atoms with Crippen LogP contribution in [-0.4, -0.2) is 68.5 Å². The summed E-state index contributed by atoms with van der Waals surface area (Å²) in [6.45, 7) is 5.38. The average molecular weight is 421 g/mol. The number of likely N-dealkylation sites (N-methyl/N-ethyl adjacent to an activating group) is 1. The maximum Gasteiger partial charge on any atom is 0.329 e. The highest BCUT2D eigenvalue weighted by Gasteiger charge is 2.35. The molecule has 0 N–H and O–H groups in total. The van der Waals surface area contributed by atoms with Crippen molar-refractivity contribution in [3.05, 3.63) is 35.9 Å². The van der Waals surface area contributed by atoms with E-state index in [1.54, 1.807) is 21.3 Å². The molecule has 0 saturated carbocycles. The number of ether oxygens (including phenoxy) is 3. The normalized spacial score (nSPS) is 17.8. The topological polar surface area (TPSA) is 68.3 Å². The highest BCUT2D eigenvalue weighted by atomic mass is 16.7. The number of hydrogen-bond donors (Lipinski definition) is 0. The number of nitrogens with zero attached hydrogens (tertiary/aromatic N) is 2. The molecule has 1 saturated heterocycles. The van der Waals surface area contributed by atoms with E-state index in [1.165, 1.54) is 4.90 Å². The number of carbonyl (C=O) groups is 2. The standard InChI is InChI=1S/C23H36N2O5/c1-17(2)21(22(26)30-16-18-10-7-6-8-11-18)24(3)23(27)25-13-9-12-19(15-25)14-20(28-4)29-5/h6-8,10-11,17,19-21H,9,12-16H2,1-5H3/t19?,21-/m0/s1. The number of rotatable bonds is 9. The molecule has 0 radical (unpaired) electrons. The predicted octanol–water partition coefficient (Wildman–Crippen LogP) is 3.53. The molecule has 7 heteroatoms. The van der Waals surface area contributed by atoms with Gasteiger partial charge in [0.25, 0.3) is 0 Å². The van der Waals surface area contributed by atoms with Crippen molar-refractivity contribution < 1.29 is 23.8 Å². The number of benzene rings is 1. The number of carbonyl (C=O) groups excluding carboxylic acids is 2. The van der Waals surface area contributed by atoms with E-state index in [0.29, 0.717) is 19.0 Å². The van der Waals surface area contributed by atoms with Crippen LogP contribution in [0.1, 0.15) is 38.7 Å². The molecule has 2 rings (SSSR count). The van der Waals surface area contributed by atoms with Crippen LogP contribution >= 0.6 is 0 Å². The van der Waals surface area contributed by atoms with Crippen LogP contribution in [0, 0.1) is 11.8 Å². The third kappa shape index (κ3) is 6.71. The maximum atomic E-state index is 13.2. The molecule has 30 heavy (non-hydrogen) atoms. The molecule has 2 atom stereocenters. The first-order chi connectivity index (χ1) is 14.4. The molecule has 1 aliphatic rings. The summed E-state index contributed by atoms with van der Waals surface area (Å²) in [5.41, 5.74) is 0.923. The smallest absolute Gasteiger partial charge is 0.329 e. The minimum atomic E-state index is -0.632. The van der Waals surface area contributed by atoms with Gasteiger partial charge in [-0.15, -0.1) is 0 Å². The number of hydrogen-bond acceptors (Lipinski definition) is 5. The summed E-state index contributed by atoms with van der Waals surface area (Å²) >= 11 is 0. The third-order valence-electron chi connectivity index (χ3n) is 5.66. The lowest BCUT2D eigenvalue weighted by atomic mass is 9.94. The molecule has 0 aromatic heterocycles. The summed E-state index contributed by atoms with van der Waals surface area (Å²) in [5, 5.41) is 0. The first kappa shape index (κ1) is 24.2. The van der Waals surface area contributed by atoms with Gasteiger partial charge in [0.15, 0.2) is 6.29 Å². The zero-order valence-corrected chi connectivity index (χ0v) is 18.9. The van der Waals surface area contributed by atoms with Crippen LogP contribution < -0.4 is 0 Å². The fraction of sp³-hybridized carbons (Fsp3) is 0.652. The van der Waals surface area contributed by atoms with Crippen LogP contribution in [-0.2, 0) is 25.6 Å². The molecule has 7 nitrogen and oxygen atoms in total. The van der Waals surface area contributed by atoms with E-state index in [0.717, 1.165) is 24.8 Å². The minimum absolute atomic E-state index is 0.0609. The van der Waals surface area contributed by atoms with Gasteiger partial charge in [-0.25, -0.2) is 9.59 Å². The monoisotopic (exact) mass is 420 g/mol. The van der Waals surface area contributed by atoms with Crippen molar-refractivity contribution in [3.63, 3.8) is 0 Å². The summed E-state index contributed by atoms with van der Waals surface area (Å²) in [4.78, 5) is 29.3. The van der Waals surface area contributed by atoms with Crippen molar-refractivity contribution in [3.8, 4) is 0 Å². The number of likely N-dealkylation sites (tertiary alicyclic amines) is 1. The van der Waals surface area contributed by atoms with E-state index in [9.17, 15) is 9.59 Å². The van der Waals surface area contributed by atoms with E-state index in [4.69, 9.17) is 14.2 Å². The van der Waals surface area contributed by atoms with Crippen LogP contribution in [0.5, 0.6) is 0 Å². The number of amides is 2. The number of piperidine rings is 1. The Morgan fingerprint density at radius 1 is 1.17 bits per heavy atom. The molecule has 0 aliphatic carbocycles. The van der Waals surface area contributed by atoms with Gasteiger partial charge in [0, 0.05) is 40.8 Å². The summed E-state index contributed by atoms with van der Waals surface area (Å²) in [5.74, 6) is -0.130.